The Balaban J connectivity index is 2.19. The average Bonchev–Trinajstić information content (AvgIpc) is 2.70. The van der Waals surface area contributed by atoms with E-state index >= 15 is 0 Å². The smallest absolute Gasteiger partial charge is 0.0982 e. The maximum atomic E-state index is 9.72. The van der Waals surface area contributed by atoms with Gasteiger partial charge < -0.3 is 10.2 Å². The summed E-state index contributed by atoms with van der Waals surface area (Å²) in [4.78, 5) is 4.16. The maximum Gasteiger partial charge on any atom is 0.0982 e. The van der Waals surface area contributed by atoms with Gasteiger partial charge >= 0.3 is 0 Å². The zero-order valence-corrected chi connectivity index (χ0v) is 8.24. The van der Waals surface area contributed by atoms with Crippen molar-refractivity contribution in [1.82, 2.24) is 4.98 Å². The number of nitrogens with zero attached hydrogens (tertiary/aromatic N) is 1. The molecule has 0 bridgehead atoms. The highest BCUT2D eigenvalue weighted by Crippen LogP contribution is 2.39. The van der Waals surface area contributed by atoms with Gasteiger partial charge in [0, 0.05) is 17.5 Å². The Bertz CT molecular complexity index is 275. The van der Waals surface area contributed by atoms with E-state index in [2.05, 4.69) is 4.98 Å². The van der Waals surface area contributed by atoms with Gasteiger partial charge in [-0.1, -0.05) is 6.92 Å². The van der Waals surface area contributed by atoms with Crippen molar-refractivity contribution >= 4 is 11.3 Å². The quantitative estimate of drug-likeness (QED) is 0.709. The van der Waals surface area contributed by atoms with Gasteiger partial charge in [-0.25, -0.2) is 4.98 Å². The molecule has 1 saturated carbocycles. The van der Waals surface area contributed by atoms with Crippen LogP contribution in [0, 0.1) is 5.92 Å². The fourth-order valence-electron chi connectivity index (χ4n) is 1.92. The molecule has 0 unspecified atom stereocenters. The molecule has 1 aromatic rings. The number of hydrogen-bond donors (Lipinski definition) is 2. The van der Waals surface area contributed by atoms with Gasteiger partial charge in [0.1, 0.15) is 0 Å². The third-order valence-corrected chi connectivity index (χ3v) is 3.65. The van der Waals surface area contributed by atoms with E-state index in [-0.39, 0.29) is 11.8 Å². The molecule has 0 amide bonds. The predicted octanol–water partition coefficient (Wildman–Crippen LogP) is 0.988. The van der Waals surface area contributed by atoms with Crippen LogP contribution in [0.1, 0.15) is 24.3 Å². The lowest BCUT2D eigenvalue weighted by Gasteiger charge is -2.13. The van der Waals surface area contributed by atoms with Gasteiger partial charge in [-0.3, -0.25) is 0 Å². The Labute approximate surface area is 81.1 Å². The summed E-state index contributed by atoms with van der Waals surface area (Å²) in [5, 5.41) is 22.1. The zero-order valence-electron chi connectivity index (χ0n) is 7.42. The summed E-state index contributed by atoms with van der Waals surface area (Å²) in [6, 6.07) is 0. The number of rotatable bonds is 1. The largest absolute Gasteiger partial charge is 0.390 e. The lowest BCUT2D eigenvalue weighted by molar-refractivity contribution is 0.0180. The highest BCUT2D eigenvalue weighted by molar-refractivity contribution is 7.09. The third-order valence-electron chi connectivity index (χ3n) is 2.74. The third kappa shape index (κ3) is 1.49. The van der Waals surface area contributed by atoms with Crippen LogP contribution in [-0.2, 0) is 0 Å². The Morgan fingerprint density at radius 3 is 2.69 bits per heavy atom. The molecule has 72 valence electrons. The Hall–Kier alpha value is -0.450. The van der Waals surface area contributed by atoms with E-state index in [1.54, 1.807) is 17.5 Å². The van der Waals surface area contributed by atoms with E-state index in [0.29, 0.717) is 0 Å². The second kappa shape index (κ2) is 3.36. The van der Waals surface area contributed by atoms with Crippen molar-refractivity contribution in [3.8, 4) is 0 Å². The van der Waals surface area contributed by atoms with Gasteiger partial charge in [0.15, 0.2) is 0 Å². The van der Waals surface area contributed by atoms with Crippen molar-refractivity contribution in [1.29, 1.82) is 0 Å². The molecule has 3 nitrogen and oxygen atoms in total. The predicted molar refractivity (Wildman–Crippen MR) is 50.6 cm³/mol. The molecule has 0 aromatic carbocycles. The van der Waals surface area contributed by atoms with Crippen LogP contribution in [0.2, 0.25) is 0 Å². The van der Waals surface area contributed by atoms with E-state index in [1.165, 1.54) is 0 Å². The number of hydrogen-bond acceptors (Lipinski definition) is 4. The van der Waals surface area contributed by atoms with Crippen LogP contribution in [0.4, 0.5) is 0 Å². The molecule has 1 aliphatic rings. The zero-order chi connectivity index (χ0) is 9.42. The Morgan fingerprint density at radius 2 is 2.23 bits per heavy atom. The van der Waals surface area contributed by atoms with Crippen LogP contribution in [0.15, 0.2) is 11.6 Å². The van der Waals surface area contributed by atoms with Crippen molar-refractivity contribution < 1.29 is 10.2 Å². The summed E-state index contributed by atoms with van der Waals surface area (Å²) in [5.41, 5.74) is 0. The van der Waals surface area contributed by atoms with Gasteiger partial charge in [-0.05, 0) is 12.3 Å². The van der Waals surface area contributed by atoms with Crippen molar-refractivity contribution in [3.63, 3.8) is 0 Å². The first kappa shape index (κ1) is 9.12. The normalized spacial score (nSPS) is 39.6. The second-order valence-electron chi connectivity index (χ2n) is 3.67. The standard InChI is InChI=1S/C9H13NO2S/c1-5-4-6(8(12)7(5)11)9-10-2-3-13-9/h2-3,5-8,11-12H,4H2,1H3/t5-,6+,7+,8-/m1/s1. The molecule has 2 rings (SSSR count). The minimum absolute atomic E-state index is 0.0324. The molecule has 0 aliphatic heterocycles. The first-order valence-electron chi connectivity index (χ1n) is 4.45. The summed E-state index contributed by atoms with van der Waals surface area (Å²) >= 11 is 1.55. The molecular weight excluding hydrogens is 186 g/mol. The van der Waals surface area contributed by atoms with Gasteiger partial charge in [0.25, 0.3) is 0 Å². The minimum Gasteiger partial charge on any atom is -0.390 e. The van der Waals surface area contributed by atoms with E-state index in [0.717, 1.165) is 11.4 Å². The first-order valence-corrected chi connectivity index (χ1v) is 5.33. The van der Waals surface area contributed by atoms with Crippen LogP contribution >= 0.6 is 11.3 Å². The van der Waals surface area contributed by atoms with E-state index in [9.17, 15) is 10.2 Å². The molecule has 0 saturated heterocycles. The minimum atomic E-state index is -0.638. The molecule has 4 heteroatoms. The van der Waals surface area contributed by atoms with Crippen molar-refractivity contribution in [2.45, 2.75) is 31.5 Å². The van der Waals surface area contributed by atoms with Crippen molar-refractivity contribution in [2.24, 2.45) is 5.92 Å². The monoisotopic (exact) mass is 199 g/mol. The van der Waals surface area contributed by atoms with Crippen molar-refractivity contribution in [3.05, 3.63) is 16.6 Å². The van der Waals surface area contributed by atoms with E-state index in [1.807, 2.05) is 12.3 Å². The van der Waals surface area contributed by atoms with Crippen LogP contribution in [0.5, 0.6) is 0 Å². The molecular formula is C9H13NO2S. The first-order chi connectivity index (χ1) is 6.20. The molecule has 1 fully saturated rings. The number of thiazole rings is 1. The molecule has 4 atom stereocenters. The van der Waals surface area contributed by atoms with Crippen LogP contribution in [0.25, 0.3) is 0 Å². The highest BCUT2D eigenvalue weighted by Gasteiger charge is 2.40. The number of aliphatic hydroxyl groups is 2. The van der Waals surface area contributed by atoms with Gasteiger partial charge in [0.05, 0.1) is 17.2 Å². The second-order valence-corrected chi connectivity index (χ2v) is 4.60. The molecule has 1 aromatic heterocycles. The van der Waals surface area contributed by atoms with Gasteiger partial charge in [-0.15, -0.1) is 11.3 Å². The lowest BCUT2D eigenvalue weighted by atomic mass is 10.1. The van der Waals surface area contributed by atoms with Crippen molar-refractivity contribution in [2.75, 3.05) is 0 Å². The van der Waals surface area contributed by atoms with Crippen LogP contribution in [-0.4, -0.2) is 27.4 Å². The Morgan fingerprint density at radius 1 is 1.46 bits per heavy atom. The van der Waals surface area contributed by atoms with Gasteiger partial charge in [-0.2, -0.15) is 0 Å². The van der Waals surface area contributed by atoms with E-state index < -0.39 is 12.2 Å². The molecule has 13 heavy (non-hydrogen) atoms. The van der Waals surface area contributed by atoms with E-state index in [4.69, 9.17) is 0 Å². The summed E-state index contributed by atoms with van der Waals surface area (Å²) in [5.74, 6) is 0.203. The summed E-state index contributed by atoms with van der Waals surface area (Å²) in [6.07, 6.45) is 1.34. The fourth-order valence-corrected chi connectivity index (χ4v) is 2.71. The molecule has 1 heterocycles. The summed E-state index contributed by atoms with van der Waals surface area (Å²) in [7, 11) is 0. The van der Waals surface area contributed by atoms with Gasteiger partial charge in [0.2, 0.25) is 0 Å². The molecule has 0 radical (unpaired) electrons. The topological polar surface area (TPSA) is 53.4 Å². The fraction of sp³-hybridized carbons (Fsp3) is 0.667. The highest BCUT2D eigenvalue weighted by atomic mass is 32.1. The Kier molecular flexibility index (Phi) is 2.36. The number of aromatic nitrogens is 1. The molecule has 0 spiro atoms. The maximum absolute atomic E-state index is 9.72. The molecule has 2 N–H and O–H groups in total. The van der Waals surface area contributed by atoms with Crippen LogP contribution in [0.3, 0.4) is 0 Å². The SMILES string of the molecule is C[C@@H]1C[C@H](c2nccs2)[C@@H](O)[C@H]1O. The summed E-state index contributed by atoms with van der Waals surface area (Å²) in [6.45, 7) is 1.96. The molecule has 1 aliphatic carbocycles. The summed E-state index contributed by atoms with van der Waals surface area (Å²) < 4.78 is 0. The lowest BCUT2D eigenvalue weighted by Crippen LogP contribution is -2.26. The van der Waals surface area contributed by atoms with Crippen LogP contribution < -0.4 is 0 Å². The average molecular weight is 199 g/mol. The number of aliphatic hydroxyl groups excluding tert-OH is 2.